The summed E-state index contributed by atoms with van der Waals surface area (Å²) in [5.41, 5.74) is 3.08. The number of urea groups is 1. The molecule has 1 fully saturated rings. The van der Waals surface area contributed by atoms with Gasteiger partial charge in [-0.05, 0) is 42.7 Å². The number of carbonyl (C=O) groups is 4. The van der Waals surface area contributed by atoms with Crippen molar-refractivity contribution in [2.24, 2.45) is 5.92 Å². The highest BCUT2D eigenvalue weighted by Crippen LogP contribution is 2.19. The fourth-order valence-electron chi connectivity index (χ4n) is 3.61. The van der Waals surface area contributed by atoms with E-state index in [0.29, 0.717) is 24.9 Å². The first-order chi connectivity index (χ1) is 15.9. The summed E-state index contributed by atoms with van der Waals surface area (Å²) in [5.74, 6) is -0.838. The lowest BCUT2D eigenvalue weighted by Gasteiger charge is -2.17. The van der Waals surface area contributed by atoms with Crippen LogP contribution in [0.1, 0.15) is 17.5 Å². The van der Waals surface area contributed by atoms with Crippen LogP contribution in [0.25, 0.3) is 0 Å². The molecule has 2 aromatic carbocycles. The summed E-state index contributed by atoms with van der Waals surface area (Å²) in [6, 6.07) is 13.2. The molecule has 2 aromatic rings. The number of anilines is 2. The number of rotatable bonds is 8. The predicted molar refractivity (Wildman–Crippen MR) is 124 cm³/mol. The number of hydrogen-bond acceptors (Lipinski definition) is 5. The van der Waals surface area contributed by atoms with Crippen molar-refractivity contribution in [2.45, 2.75) is 25.8 Å². The molecule has 0 saturated carbocycles. The third-order valence-corrected chi connectivity index (χ3v) is 5.56. The number of carbonyl (C=O) groups excluding carboxylic acids is 4. The molecule has 9 nitrogen and oxygen atoms in total. The number of nitrogens with zero attached hydrogens (tertiary/aromatic N) is 1. The van der Waals surface area contributed by atoms with Crippen molar-refractivity contribution < 1.29 is 24.3 Å². The van der Waals surface area contributed by atoms with Gasteiger partial charge in [0.2, 0.25) is 11.8 Å². The lowest BCUT2D eigenvalue weighted by Crippen LogP contribution is -2.43. The minimum absolute atomic E-state index is 0.0996. The number of para-hydroxylation sites is 1. The minimum atomic E-state index is -0.923. The Morgan fingerprint density at radius 1 is 1.12 bits per heavy atom. The molecule has 0 aliphatic carbocycles. The summed E-state index contributed by atoms with van der Waals surface area (Å²) in [6.07, 6.45) is 1.17. The first kappa shape index (κ1) is 23.9. The molecule has 0 bridgehead atoms. The number of amides is 4. The van der Waals surface area contributed by atoms with Crippen LogP contribution in [0.5, 0.6) is 0 Å². The molecule has 0 spiro atoms. The average Bonchev–Trinajstić information content (AvgIpc) is 3.31. The van der Waals surface area contributed by atoms with Gasteiger partial charge in [-0.15, -0.1) is 0 Å². The number of hydrogen-bond donors (Lipinski definition) is 4. The second-order valence-electron chi connectivity index (χ2n) is 8.03. The normalized spacial score (nSPS) is 16.1. The fourth-order valence-corrected chi connectivity index (χ4v) is 3.61. The molecule has 1 aliphatic rings. The van der Waals surface area contributed by atoms with Crippen LogP contribution in [0.2, 0.25) is 0 Å². The van der Waals surface area contributed by atoms with Gasteiger partial charge >= 0.3 is 6.03 Å². The average molecular weight is 453 g/mol. The van der Waals surface area contributed by atoms with Gasteiger partial charge < -0.3 is 30.8 Å². The highest BCUT2D eigenvalue weighted by molar-refractivity contribution is 6.00. The van der Waals surface area contributed by atoms with Gasteiger partial charge in [-0.3, -0.25) is 9.59 Å². The van der Waals surface area contributed by atoms with Crippen LogP contribution in [-0.4, -0.2) is 59.9 Å². The first-order valence-electron chi connectivity index (χ1n) is 10.8. The maximum Gasteiger partial charge on any atom is 0.323 e. The maximum atomic E-state index is 12.6. The molecule has 0 aromatic heterocycles. The first-order valence-corrected chi connectivity index (χ1v) is 10.8. The molecule has 3 rings (SSSR count). The SMILES string of the molecule is Cc1ccccc1NC(=O)Nc1ccc(CC(=O)N2CC[C@H](C(=O)NC(C=O)CO)C2)cc1. The van der Waals surface area contributed by atoms with Crippen LogP contribution in [0, 0.1) is 12.8 Å². The molecule has 33 heavy (non-hydrogen) atoms. The zero-order valence-electron chi connectivity index (χ0n) is 18.4. The van der Waals surface area contributed by atoms with E-state index < -0.39 is 18.6 Å². The van der Waals surface area contributed by atoms with Crippen molar-refractivity contribution in [3.63, 3.8) is 0 Å². The van der Waals surface area contributed by atoms with E-state index in [1.807, 2.05) is 31.2 Å². The lowest BCUT2D eigenvalue weighted by molar-refractivity contribution is -0.130. The van der Waals surface area contributed by atoms with Gasteiger partial charge in [-0.1, -0.05) is 30.3 Å². The molecule has 1 saturated heterocycles. The summed E-state index contributed by atoms with van der Waals surface area (Å²) in [5, 5.41) is 17.1. The van der Waals surface area contributed by atoms with Gasteiger partial charge in [0.25, 0.3) is 0 Å². The molecular formula is C24H28N4O5. The van der Waals surface area contributed by atoms with Crippen molar-refractivity contribution in [1.29, 1.82) is 0 Å². The van der Waals surface area contributed by atoms with E-state index >= 15 is 0 Å². The second-order valence-corrected chi connectivity index (χ2v) is 8.03. The van der Waals surface area contributed by atoms with Gasteiger partial charge in [-0.25, -0.2) is 4.79 Å². The number of likely N-dealkylation sites (tertiary alicyclic amines) is 1. The summed E-state index contributed by atoms with van der Waals surface area (Å²) >= 11 is 0. The van der Waals surface area contributed by atoms with E-state index in [-0.39, 0.29) is 30.8 Å². The van der Waals surface area contributed by atoms with E-state index in [1.165, 1.54) is 0 Å². The quantitative estimate of drug-likeness (QED) is 0.454. The van der Waals surface area contributed by atoms with Gasteiger partial charge in [-0.2, -0.15) is 0 Å². The lowest BCUT2D eigenvalue weighted by atomic mass is 10.1. The van der Waals surface area contributed by atoms with Gasteiger partial charge in [0.1, 0.15) is 12.3 Å². The number of aryl methyl sites for hydroxylation is 1. The number of aliphatic hydroxyl groups is 1. The number of aldehydes is 1. The van der Waals surface area contributed by atoms with Crippen LogP contribution in [0.4, 0.5) is 16.2 Å². The molecule has 174 valence electrons. The van der Waals surface area contributed by atoms with Crippen LogP contribution in [0.15, 0.2) is 48.5 Å². The smallest absolute Gasteiger partial charge is 0.323 e. The van der Waals surface area contributed by atoms with Crippen molar-refractivity contribution in [3.8, 4) is 0 Å². The Balaban J connectivity index is 1.48. The molecule has 4 N–H and O–H groups in total. The standard InChI is InChI=1S/C24H28N4O5/c1-16-4-2-3-5-21(16)27-24(33)26-19-8-6-17(7-9-19)12-22(31)28-11-10-18(13-28)23(32)25-20(14-29)15-30/h2-9,14,18,20,30H,10-13,15H2,1H3,(H,25,32)(H2,26,27,33)/t18-,20?/m0/s1. The minimum Gasteiger partial charge on any atom is -0.394 e. The van der Waals surface area contributed by atoms with Crippen LogP contribution < -0.4 is 16.0 Å². The maximum absolute atomic E-state index is 12.6. The number of benzene rings is 2. The number of nitrogens with one attached hydrogen (secondary N) is 3. The van der Waals surface area contributed by atoms with E-state index in [4.69, 9.17) is 5.11 Å². The Morgan fingerprint density at radius 3 is 2.52 bits per heavy atom. The summed E-state index contributed by atoms with van der Waals surface area (Å²) in [4.78, 5) is 49.4. The molecule has 9 heteroatoms. The molecule has 1 aliphatic heterocycles. The van der Waals surface area contributed by atoms with E-state index in [2.05, 4.69) is 16.0 Å². The van der Waals surface area contributed by atoms with Crippen LogP contribution >= 0.6 is 0 Å². The molecular weight excluding hydrogens is 424 g/mol. The summed E-state index contributed by atoms with van der Waals surface area (Å²) in [6.45, 7) is 2.19. The predicted octanol–water partition coefficient (Wildman–Crippen LogP) is 1.71. The second kappa shape index (κ2) is 11.2. The highest BCUT2D eigenvalue weighted by Gasteiger charge is 2.31. The highest BCUT2D eigenvalue weighted by atomic mass is 16.3. The Labute approximate surface area is 192 Å². The third kappa shape index (κ3) is 6.63. The Kier molecular flexibility index (Phi) is 8.15. The van der Waals surface area contributed by atoms with Crippen molar-refractivity contribution in [3.05, 3.63) is 59.7 Å². The fraction of sp³-hybridized carbons (Fsp3) is 0.333. The zero-order chi connectivity index (χ0) is 23.8. The molecule has 4 amide bonds. The van der Waals surface area contributed by atoms with Crippen LogP contribution in [-0.2, 0) is 20.8 Å². The largest absolute Gasteiger partial charge is 0.394 e. The Bertz CT molecular complexity index is 1010. The third-order valence-electron chi connectivity index (χ3n) is 5.56. The number of aliphatic hydroxyl groups excluding tert-OH is 1. The van der Waals surface area contributed by atoms with E-state index in [1.54, 1.807) is 29.2 Å². The Hall–Kier alpha value is -3.72. The zero-order valence-corrected chi connectivity index (χ0v) is 18.4. The van der Waals surface area contributed by atoms with E-state index in [9.17, 15) is 19.2 Å². The monoisotopic (exact) mass is 452 g/mol. The van der Waals surface area contributed by atoms with Gasteiger partial charge in [0, 0.05) is 24.5 Å². The van der Waals surface area contributed by atoms with Crippen molar-refractivity contribution in [1.82, 2.24) is 10.2 Å². The van der Waals surface area contributed by atoms with Gasteiger partial charge in [0.15, 0.2) is 0 Å². The molecule has 1 heterocycles. The molecule has 2 atom stereocenters. The van der Waals surface area contributed by atoms with Crippen molar-refractivity contribution in [2.75, 3.05) is 30.3 Å². The topological polar surface area (TPSA) is 128 Å². The van der Waals surface area contributed by atoms with E-state index in [0.717, 1.165) is 16.8 Å². The molecule has 0 radical (unpaired) electrons. The molecule has 1 unspecified atom stereocenters. The van der Waals surface area contributed by atoms with Gasteiger partial charge in [0.05, 0.1) is 18.9 Å². The Morgan fingerprint density at radius 2 is 1.85 bits per heavy atom. The summed E-state index contributed by atoms with van der Waals surface area (Å²) in [7, 11) is 0. The van der Waals surface area contributed by atoms with Crippen LogP contribution in [0.3, 0.4) is 0 Å². The van der Waals surface area contributed by atoms with Crippen molar-refractivity contribution >= 4 is 35.5 Å². The summed E-state index contributed by atoms with van der Waals surface area (Å²) < 4.78 is 0.